The van der Waals surface area contributed by atoms with E-state index in [0.29, 0.717) is 19.4 Å². The third kappa shape index (κ3) is 3.26. The Kier molecular flexibility index (Phi) is 4.36. The molecule has 0 amide bonds. The Labute approximate surface area is 130 Å². The number of piperidine rings is 1. The molecule has 0 radical (unpaired) electrons. The van der Waals surface area contributed by atoms with Gasteiger partial charge in [0, 0.05) is 32.0 Å². The van der Waals surface area contributed by atoms with Gasteiger partial charge in [0.25, 0.3) is 0 Å². The highest BCUT2D eigenvalue weighted by molar-refractivity contribution is 5.57. The van der Waals surface area contributed by atoms with Crippen molar-refractivity contribution in [3.05, 3.63) is 42.6 Å². The number of nitrogens with zero attached hydrogens (tertiary/aromatic N) is 3. The third-order valence-corrected chi connectivity index (χ3v) is 4.10. The lowest BCUT2D eigenvalue weighted by atomic mass is 9.92. The van der Waals surface area contributed by atoms with E-state index >= 15 is 0 Å². The van der Waals surface area contributed by atoms with Crippen LogP contribution in [0.1, 0.15) is 12.8 Å². The predicted octanol–water partition coefficient (Wildman–Crippen LogP) is 2.12. The first-order chi connectivity index (χ1) is 10.7. The molecule has 0 saturated carbocycles. The summed E-state index contributed by atoms with van der Waals surface area (Å²) in [5.74, 6) is 1.64. The molecule has 116 valence electrons. The molecule has 0 unspecified atom stereocenters. The Morgan fingerprint density at radius 3 is 2.59 bits per heavy atom. The van der Waals surface area contributed by atoms with Crippen molar-refractivity contribution >= 4 is 5.82 Å². The number of ether oxygens (including phenoxy) is 1. The first kappa shape index (κ1) is 14.9. The number of aliphatic hydroxyl groups is 1. The summed E-state index contributed by atoms with van der Waals surface area (Å²) in [6, 6.07) is 11.9. The Bertz CT molecular complexity index is 610. The molecule has 1 N–H and O–H groups in total. The molecular weight excluding hydrogens is 278 g/mol. The van der Waals surface area contributed by atoms with E-state index in [9.17, 15) is 5.11 Å². The van der Waals surface area contributed by atoms with Gasteiger partial charge in [0.1, 0.15) is 5.82 Å². The van der Waals surface area contributed by atoms with Gasteiger partial charge in [-0.15, -0.1) is 0 Å². The van der Waals surface area contributed by atoms with Crippen LogP contribution in [-0.2, 0) is 4.74 Å². The standard InChI is InChI=1S/C17H21N3O2/c1-22-13-17(21)8-11-20(12-9-17)15-7-10-18-16(19-15)14-5-3-2-4-6-14/h2-7,10,21H,8-9,11-13H2,1H3. The number of rotatable bonds is 4. The minimum atomic E-state index is -0.708. The average Bonchev–Trinajstić information content (AvgIpc) is 2.56. The lowest BCUT2D eigenvalue weighted by molar-refractivity contribution is -0.0472. The Balaban J connectivity index is 1.74. The Hall–Kier alpha value is -1.98. The van der Waals surface area contributed by atoms with Crippen LogP contribution in [0.15, 0.2) is 42.6 Å². The van der Waals surface area contributed by atoms with E-state index in [1.165, 1.54) is 0 Å². The smallest absolute Gasteiger partial charge is 0.161 e. The van der Waals surface area contributed by atoms with Crippen LogP contribution in [0.5, 0.6) is 0 Å². The van der Waals surface area contributed by atoms with Crippen LogP contribution in [0.2, 0.25) is 0 Å². The van der Waals surface area contributed by atoms with Gasteiger partial charge < -0.3 is 14.7 Å². The lowest BCUT2D eigenvalue weighted by Crippen LogP contribution is -2.47. The SMILES string of the molecule is COCC1(O)CCN(c2ccnc(-c3ccccc3)n2)CC1. The molecule has 3 rings (SSSR count). The second-order valence-electron chi connectivity index (χ2n) is 5.75. The van der Waals surface area contributed by atoms with Gasteiger partial charge in [0.2, 0.25) is 0 Å². The quantitative estimate of drug-likeness (QED) is 0.937. The van der Waals surface area contributed by atoms with Crippen molar-refractivity contribution in [2.75, 3.05) is 31.7 Å². The molecule has 1 aromatic carbocycles. The zero-order chi connectivity index (χ0) is 15.4. The topological polar surface area (TPSA) is 58.5 Å². The summed E-state index contributed by atoms with van der Waals surface area (Å²) in [4.78, 5) is 11.2. The van der Waals surface area contributed by atoms with Crippen molar-refractivity contribution in [1.82, 2.24) is 9.97 Å². The maximum atomic E-state index is 10.4. The maximum absolute atomic E-state index is 10.4. The van der Waals surface area contributed by atoms with E-state index in [0.717, 1.165) is 30.3 Å². The largest absolute Gasteiger partial charge is 0.387 e. The average molecular weight is 299 g/mol. The maximum Gasteiger partial charge on any atom is 0.161 e. The fourth-order valence-corrected chi connectivity index (χ4v) is 2.82. The molecule has 0 aliphatic carbocycles. The Morgan fingerprint density at radius 1 is 1.18 bits per heavy atom. The summed E-state index contributed by atoms with van der Waals surface area (Å²) in [6.45, 7) is 1.93. The zero-order valence-corrected chi connectivity index (χ0v) is 12.8. The van der Waals surface area contributed by atoms with Crippen LogP contribution >= 0.6 is 0 Å². The van der Waals surface area contributed by atoms with Crippen molar-refractivity contribution in [1.29, 1.82) is 0 Å². The highest BCUT2D eigenvalue weighted by Crippen LogP contribution is 2.26. The van der Waals surface area contributed by atoms with E-state index in [4.69, 9.17) is 4.74 Å². The highest BCUT2D eigenvalue weighted by atomic mass is 16.5. The molecule has 1 aliphatic rings. The minimum Gasteiger partial charge on any atom is -0.387 e. The molecule has 0 spiro atoms. The van der Waals surface area contributed by atoms with Gasteiger partial charge in [-0.05, 0) is 18.9 Å². The van der Waals surface area contributed by atoms with E-state index < -0.39 is 5.60 Å². The fraction of sp³-hybridized carbons (Fsp3) is 0.412. The van der Waals surface area contributed by atoms with Gasteiger partial charge in [-0.3, -0.25) is 0 Å². The van der Waals surface area contributed by atoms with Crippen LogP contribution in [0.25, 0.3) is 11.4 Å². The first-order valence-corrected chi connectivity index (χ1v) is 7.55. The number of benzene rings is 1. The number of hydrogen-bond acceptors (Lipinski definition) is 5. The number of anilines is 1. The zero-order valence-electron chi connectivity index (χ0n) is 12.8. The molecule has 5 heteroatoms. The van der Waals surface area contributed by atoms with Crippen molar-refractivity contribution in [2.24, 2.45) is 0 Å². The summed E-state index contributed by atoms with van der Waals surface area (Å²) < 4.78 is 5.11. The lowest BCUT2D eigenvalue weighted by Gasteiger charge is -2.38. The van der Waals surface area contributed by atoms with Crippen LogP contribution in [0.3, 0.4) is 0 Å². The summed E-state index contributed by atoms with van der Waals surface area (Å²) in [7, 11) is 1.63. The summed E-state index contributed by atoms with van der Waals surface area (Å²) in [6.07, 6.45) is 3.16. The van der Waals surface area contributed by atoms with Gasteiger partial charge >= 0.3 is 0 Å². The number of aromatic nitrogens is 2. The number of hydrogen-bond donors (Lipinski definition) is 1. The van der Waals surface area contributed by atoms with Gasteiger partial charge in [0.05, 0.1) is 12.2 Å². The van der Waals surface area contributed by atoms with Gasteiger partial charge in [-0.1, -0.05) is 30.3 Å². The predicted molar refractivity (Wildman–Crippen MR) is 85.7 cm³/mol. The molecule has 1 aliphatic heterocycles. The van der Waals surface area contributed by atoms with Crippen LogP contribution in [0, 0.1) is 0 Å². The summed E-state index contributed by atoms with van der Waals surface area (Å²) in [5.41, 5.74) is 0.304. The van der Waals surface area contributed by atoms with Gasteiger partial charge in [-0.25, -0.2) is 9.97 Å². The Morgan fingerprint density at radius 2 is 1.91 bits per heavy atom. The van der Waals surface area contributed by atoms with E-state index in [1.54, 1.807) is 13.3 Å². The first-order valence-electron chi connectivity index (χ1n) is 7.55. The molecule has 1 saturated heterocycles. The number of methoxy groups -OCH3 is 1. The normalized spacial score (nSPS) is 17.5. The molecule has 2 aromatic rings. The van der Waals surface area contributed by atoms with Gasteiger partial charge in [0.15, 0.2) is 5.82 Å². The van der Waals surface area contributed by atoms with E-state index in [-0.39, 0.29) is 0 Å². The van der Waals surface area contributed by atoms with Crippen molar-refractivity contribution in [3.63, 3.8) is 0 Å². The monoisotopic (exact) mass is 299 g/mol. The van der Waals surface area contributed by atoms with Crippen molar-refractivity contribution < 1.29 is 9.84 Å². The van der Waals surface area contributed by atoms with E-state index in [1.807, 2.05) is 36.4 Å². The second-order valence-corrected chi connectivity index (χ2v) is 5.75. The van der Waals surface area contributed by atoms with Gasteiger partial charge in [-0.2, -0.15) is 0 Å². The van der Waals surface area contributed by atoms with E-state index in [2.05, 4.69) is 14.9 Å². The molecule has 5 nitrogen and oxygen atoms in total. The summed E-state index contributed by atoms with van der Waals surface area (Å²) >= 11 is 0. The fourth-order valence-electron chi connectivity index (χ4n) is 2.82. The van der Waals surface area contributed by atoms with Crippen LogP contribution in [0.4, 0.5) is 5.82 Å². The van der Waals surface area contributed by atoms with Crippen LogP contribution in [-0.4, -0.2) is 47.5 Å². The molecule has 0 bridgehead atoms. The molecular formula is C17H21N3O2. The van der Waals surface area contributed by atoms with Crippen LogP contribution < -0.4 is 4.90 Å². The molecule has 1 fully saturated rings. The molecule has 0 atom stereocenters. The van der Waals surface area contributed by atoms with Crippen molar-refractivity contribution in [2.45, 2.75) is 18.4 Å². The molecule has 2 heterocycles. The minimum absolute atomic E-state index is 0.389. The second kappa shape index (κ2) is 6.42. The third-order valence-electron chi connectivity index (χ3n) is 4.10. The molecule has 22 heavy (non-hydrogen) atoms. The van der Waals surface area contributed by atoms with Crippen molar-refractivity contribution in [3.8, 4) is 11.4 Å². The highest BCUT2D eigenvalue weighted by Gasteiger charge is 2.32. The molecule has 1 aromatic heterocycles. The summed E-state index contributed by atoms with van der Waals surface area (Å²) in [5, 5.41) is 10.4.